The molecule has 0 fully saturated rings. The lowest BCUT2D eigenvalue weighted by atomic mass is 10.2. The summed E-state index contributed by atoms with van der Waals surface area (Å²) in [7, 11) is 1.88. The van der Waals surface area contributed by atoms with Crippen LogP contribution in [0.4, 0.5) is 5.82 Å². The number of anilines is 1. The van der Waals surface area contributed by atoms with Crippen molar-refractivity contribution in [2.24, 2.45) is 0 Å². The van der Waals surface area contributed by atoms with Crippen molar-refractivity contribution in [3.05, 3.63) is 30.3 Å². The van der Waals surface area contributed by atoms with Crippen molar-refractivity contribution >= 4 is 28.5 Å². The summed E-state index contributed by atoms with van der Waals surface area (Å²) in [6.07, 6.45) is 2.07. The lowest BCUT2D eigenvalue weighted by Gasteiger charge is -2.03. The number of hydrogen-bond acceptors (Lipinski definition) is 3. The normalized spacial score (nSPS) is 10.4. The molecule has 0 saturated carbocycles. The van der Waals surface area contributed by atoms with Crippen LogP contribution in [-0.2, 0) is 0 Å². The highest BCUT2D eigenvalue weighted by Gasteiger charge is 1.97. The summed E-state index contributed by atoms with van der Waals surface area (Å²) in [4.78, 5) is 5.73. The Balaban J connectivity index is 2.60. The van der Waals surface area contributed by atoms with Gasteiger partial charge in [0.1, 0.15) is 5.82 Å². The first-order chi connectivity index (χ1) is 6.83. The second-order valence-corrected chi connectivity index (χ2v) is 3.88. The van der Waals surface area contributed by atoms with E-state index in [9.17, 15) is 0 Å². The van der Waals surface area contributed by atoms with Crippen LogP contribution >= 0.6 is 11.8 Å². The van der Waals surface area contributed by atoms with Gasteiger partial charge in [-0.3, -0.25) is 0 Å². The minimum Gasteiger partial charge on any atom is -0.373 e. The molecule has 0 saturated heterocycles. The molecule has 1 aromatic heterocycles. The van der Waals surface area contributed by atoms with E-state index in [4.69, 9.17) is 0 Å². The van der Waals surface area contributed by atoms with Crippen LogP contribution < -0.4 is 5.32 Å². The summed E-state index contributed by atoms with van der Waals surface area (Å²) in [6.45, 7) is 0. The van der Waals surface area contributed by atoms with Gasteiger partial charge in [0, 0.05) is 17.3 Å². The van der Waals surface area contributed by atoms with Gasteiger partial charge in [-0.25, -0.2) is 4.98 Å². The third-order valence-electron chi connectivity index (χ3n) is 2.16. The monoisotopic (exact) mass is 204 g/mol. The molecule has 0 amide bonds. The Hall–Kier alpha value is -1.22. The van der Waals surface area contributed by atoms with E-state index < -0.39 is 0 Å². The molecule has 0 unspecified atom stereocenters. The van der Waals surface area contributed by atoms with Gasteiger partial charge in [0.05, 0.1) is 5.52 Å². The van der Waals surface area contributed by atoms with E-state index in [1.54, 1.807) is 11.8 Å². The summed E-state index contributed by atoms with van der Waals surface area (Å²) < 4.78 is 0. The van der Waals surface area contributed by atoms with Crippen molar-refractivity contribution in [1.29, 1.82) is 0 Å². The maximum absolute atomic E-state index is 4.48. The van der Waals surface area contributed by atoms with Gasteiger partial charge in [0.2, 0.25) is 0 Å². The molecule has 0 aliphatic rings. The minimum absolute atomic E-state index is 0.913. The molecule has 2 aromatic rings. The number of nitrogens with one attached hydrogen (secondary N) is 1. The number of nitrogens with zero attached hydrogens (tertiary/aromatic N) is 1. The SMILES string of the molecule is CNc1ccc2ccc(SC)cc2n1. The molecule has 14 heavy (non-hydrogen) atoms. The third kappa shape index (κ3) is 1.68. The van der Waals surface area contributed by atoms with E-state index in [2.05, 4.69) is 40.8 Å². The molecule has 0 bridgehead atoms. The predicted octanol–water partition coefficient (Wildman–Crippen LogP) is 3.00. The minimum atomic E-state index is 0.913. The lowest BCUT2D eigenvalue weighted by Crippen LogP contribution is -1.91. The van der Waals surface area contributed by atoms with Crippen molar-refractivity contribution in [2.75, 3.05) is 18.6 Å². The molecule has 0 aliphatic heterocycles. The van der Waals surface area contributed by atoms with Crippen LogP contribution in [0, 0.1) is 0 Å². The quantitative estimate of drug-likeness (QED) is 0.761. The smallest absolute Gasteiger partial charge is 0.126 e. The van der Waals surface area contributed by atoms with Crippen LogP contribution in [0.3, 0.4) is 0 Å². The zero-order chi connectivity index (χ0) is 9.97. The number of rotatable bonds is 2. The molecule has 1 aromatic carbocycles. The number of aromatic nitrogens is 1. The number of fused-ring (bicyclic) bond motifs is 1. The summed E-state index contributed by atoms with van der Waals surface area (Å²) in [5.41, 5.74) is 1.05. The van der Waals surface area contributed by atoms with Gasteiger partial charge in [-0.15, -0.1) is 11.8 Å². The Morgan fingerprint density at radius 2 is 2.00 bits per heavy atom. The topological polar surface area (TPSA) is 24.9 Å². The summed E-state index contributed by atoms with van der Waals surface area (Å²) >= 11 is 1.74. The molecule has 72 valence electrons. The molecule has 2 rings (SSSR count). The van der Waals surface area contributed by atoms with E-state index in [1.165, 1.54) is 10.3 Å². The van der Waals surface area contributed by atoms with Crippen molar-refractivity contribution in [3.63, 3.8) is 0 Å². The summed E-state index contributed by atoms with van der Waals surface area (Å²) in [6, 6.07) is 10.4. The molecule has 0 atom stereocenters. The Labute approximate surface area is 87.7 Å². The van der Waals surface area contributed by atoms with E-state index in [0.29, 0.717) is 0 Å². The van der Waals surface area contributed by atoms with Gasteiger partial charge in [0.15, 0.2) is 0 Å². The van der Waals surface area contributed by atoms with E-state index in [0.717, 1.165) is 11.3 Å². The fourth-order valence-electron chi connectivity index (χ4n) is 1.36. The predicted molar refractivity (Wildman–Crippen MR) is 63.1 cm³/mol. The molecule has 0 aliphatic carbocycles. The highest BCUT2D eigenvalue weighted by atomic mass is 32.2. The molecule has 2 nitrogen and oxygen atoms in total. The average Bonchev–Trinajstić information content (AvgIpc) is 2.27. The van der Waals surface area contributed by atoms with Crippen molar-refractivity contribution < 1.29 is 0 Å². The zero-order valence-electron chi connectivity index (χ0n) is 8.24. The zero-order valence-corrected chi connectivity index (χ0v) is 9.06. The highest BCUT2D eigenvalue weighted by molar-refractivity contribution is 7.98. The average molecular weight is 204 g/mol. The first-order valence-corrected chi connectivity index (χ1v) is 5.68. The van der Waals surface area contributed by atoms with E-state index in [-0.39, 0.29) is 0 Å². The first-order valence-electron chi connectivity index (χ1n) is 4.46. The number of pyridine rings is 1. The summed E-state index contributed by atoms with van der Waals surface area (Å²) in [5, 5.41) is 4.22. The van der Waals surface area contributed by atoms with Crippen LogP contribution in [-0.4, -0.2) is 18.3 Å². The van der Waals surface area contributed by atoms with Gasteiger partial charge >= 0.3 is 0 Å². The van der Waals surface area contributed by atoms with Crippen LogP contribution in [0.2, 0.25) is 0 Å². The lowest BCUT2D eigenvalue weighted by molar-refractivity contribution is 1.33. The van der Waals surface area contributed by atoms with Crippen LogP contribution in [0.5, 0.6) is 0 Å². The Morgan fingerprint density at radius 1 is 1.21 bits per heavy atom. The molecule has 0 radical (unpaired) electrons. The molecule has 1 N–H and O–H groups in total. The molecule has 1 heterocycles. The summed E-state index contributed by atoms with van der Waals surface area (Å²) in [5.74, 6) is 0.913. The van der Waals surface area contributed by atoms with Gasteiger partial charge in [0.25, 0.3) is 0 Å². The maximum atomic E-state index is 4.48. The van der Waals surface area contributed by atoms with Crippen LogP contribution in [0.1, 0.15) is 0 Å². The van der Waals surface area contributed by atoms with Gasteiger partial charge in [-0.1, -0.05) is 6.07 Å². The van der Waals surface area contributed by atoms with E-state index in [1.807, 2.05) is 13.1 Å². The van der Waals surface area contributed by atoms with Crippen LogP contribution in [0.15, 0.2) is 35.2 Å². The van der Waals surface area contributed by atoms with E-state index >= 15 is 0 Å². The third-order valence-corrected chi connectivity index (χ3v) is 2.88. The molecular weight excluding hydrogens is 192 g/mol. The van der Waals surface area contributed by atoms with Crippen molar-refractivity contribution in [2.45, 2.75) is 4.90 Å². The molecular formula is C11H12N2S. The number of hydrogen-bond donors (Lipinski definition) is 1. The standard InChI is InChI=1S/C11H12N2S/c1-12-11-6-4-8-3-5-9(14-2)7-10(8)13-11/h3-7H,1-2H3,(H,12,13). The van der Waals surface area contributed by atoms with Crippen LogP contribution in [0.25, 0.3) is 10.9 Å². The number of thioether (sulfide) groups is 1. The molecule has 3 heteroatoms. The Morgan fingerprint density at radius 3 is 2.71 bits per heavy atom. The fraction of sp³-hybridized carbons (Fsp3) is 0.182. The Bertz CT molecular complexity index is 415. The van der Waals surface area contributed by atoms with Gasteiger partial charge < -0.3 is 5.32 Å². The fourth-order valence-corrected chi connectivity index (χ4v) is 1.80. The Kier molecular flexibility index (Phi) is 2.59. The first kappa shape index (κ1) is 9.34. The maximum Gasteiger partial charge on any atom is 0.126 e. The largest absolute Gasteiger partial charge is 0.373 e. The second kappa shape index (κ2) is 3.88. The second-order valence-electron chi connectivity index (χ2n) is 3.01. The highest BCUT2D eigenvalue weighted by Crippen LogP contribution is 2.21. The van der Waals surface area contributed by atoms with Gasteiger partial charge in [-0.2, -0.15) is 0 Å². The van der Waals surface area contributed by atoms with Crippen molar-refractivity contribution in [1.82, 2.24) is 4.98 Å². The van der Waals surface area contributed by atoms with Gasteiger partial charge in [-0.05, 0) is 30.5 Å². The molecule has 0 spiro atoms. The van der Waals surface area contributed by atoms with Crippen molar-refractivity contribution in [3.8, 4) is 0 Å². The number of benzene rings is 1.